The van der Waals surface area contributed by atoms with Crippen molar-refractivity contribution < 1.29 is 9.53 Å². The molecule has 2 aromatic rings. The summed E-state index contributed by atoms with van der Waals surface area (Å²) < 4.78 is 5.46. The Labute approximate surface area is 169 Å². The van der Waals surface area contributed by atoms with Gasteiger partial charge in [0, 0.05) is 12.1 Å². The molecule has 1 heterocycles. The van der Waals surface area contributed by atoms with Crippen LogP contribution in [0.5, 0.6) is 5.75 Å². The fraction of sp³-hybridized carbons (Fsp3) is 0.227. The molecule has 0 aromatic heterocycles. The Morgan fingerprint density at radius 2 is 2.00 bits per heavy atom. The first-order valence-corrected chi connectivity index (χ1v) is 9.81. The number of aryl methyl sites for hydroxylation is 2. The zero-order valence-corrected chi connectivity index (χ0v) is 16.9. The Hall–Kier alpha value is -3.04. The lowest BCUT2D eigenvalue weighted by Crippen LogP contribution is -2.28. The molecule has 1 fully saturated rings. The molecule has 1 amide bonds. The van der Waals surface area contributed by atoms with Crippen LogP contribution in [0.3, 0.4) is 0 Å². The summed E-state index contributed by atoms with van der Waals surface area (Å²) in [7, 11) is 0. The summed E-state index contributed by atoms with van der Waals surface area (Å²) in [5, 5.41) is 9.42. The molecule has 1 aliphatic heterocycles. The first-order valence-electron chi connectivity index (χ1n) is 8.99. The van der Waals surface area contributed by atoms with Gasteiger partial charge in [-0.05, 0) is 67.9 Å². The highest BCUT2D eigenvalue weighted by Crippen LogP contribution is 2.35. The van der Waals surface area contributed by atoms with E-state index in [1.54, 1.807) is 17.0 Å². The second kappa shape index (κ2) is 8.77. The number of amidine groups is 1. The smallest absolute Gasteiger partial charge is 0.266 e. The molecule has 5 nitrogen and oxygen atoms in total. The SMILES string of the molecule is CCN1C(=O)C(=Cc2ccccc2OCC#N)SC1=Nc1ccc(C)c(C)c1. The number of likely N-dealkylation sites (N-methyl/N-ethyl adjacent to an activating group) is 1. The lowest BCUT2D eigenvalue weighted by atomic mass is 10.1. The molecule has 2 aromatic carbocycles. The zero-order chi connectivity index (χ0) is 20.1. The summed E-state index contributed by atoms with van der Waals surface area (Å²) in [4.78, 5) is 19.8. The summed E-state index contributed by atoms with van der Waals surface area (Å²) in [6.07, 6.45) is 1.80. The van der Waals surface area contributed by atoms with Crippen LogP contribution in [0.25, 0.3) is 6.08 Å². The van der Waals surface area contributed by atoms with E-state index in [9.17, 15) is 4.79 Å². The number of thioether (sulfide) groups is 1. The Balaban J connectivity index is 1.94. The summed E-state index contributed by atoms with van der Waals surface area (Å²) in [6.45, 7) is 6.54. The van der Waals surface area contributed by atoms with Crippen molar-refractivity contribution in [2.45, 2.75) is 20.8 Å². The standard InChI is InChI=1S/C22H21N3O2S/c1-4-25-21(26)20(14-17-7-5-6-8-19(17)27-12-11-23)28-22(25)24-18-10-9-15(2)16(3)13-18/h5-10,13-14H,4,12H2,1-3H3. The molecule has 3 rings (SSSR count). The number of carbonyl (C=O) groups is 1. The minimum atomic E-state index is -0.0785. The number of carbonyl (C=O) groups excluding carboxylic acids is 1. The van der Waals surface area contributed by atoms with Gasteiger partial charge in [-0.25, -0.2) is 4.99 Å². The van der Waals surface area contributed by atoms with Crippen molar-refractivity contribution in [3.63, 3.8) is 0 Å². The van der Waals surface area contributed by atoms with Crippen molar-refractivity contribution in [3.8, 4) is 11.8 Å². The van der Waals surface area contributed by atoms with Crippen molar-refractivity contribution in [3.05, 3.63) is 64.1 Å². The van der Waals surface area contributed by atoms with Gasteiger partial charge in [0.2, 0.25) is 0 Å². The predicted octanol–water partition coefficient (Wildman–Crippen LogP) is 4.83. The maximum absolute atomic E-state index is 12.9. The number of nitriles is 1. The van der Waals surface area contributed by atoms with E-state index in [1.165, 1.54) is 22.9 Å². The van der Waals surface area contributed by atoms with Gasteiger partial charge in [-0.3, -0.25) is 9.69 Å². The van der Waals surface area contributed by atoms with Crippen LogP contribution in [0.15, 0.2) is 52.4 Å². The third-order valence-electron chi connectivity index (χ3n) is 4.42. The number of para-hydroxylation sites is 1. The molecular weight excluding hydrogens is 370 g/mol. The van der Waals surface area contributed by atoms with E-state index in [2.05, 4.69) is 6.92 Å². The topological polar surface area (TPSA) is 65.7 Å². The zero-order valence-electron chi connectivity index (χ0n) is 16.1. The average Bonchev–Trinajstić information content (AvgIpc) is 2.98. The second-order valence-corrected chi connectivity index (χ2v) is 7.32. The Kier molecular flexibility index (Phi) is 6.17. The van der Waals surface area contributed by atoms with Gasteiger partial charge in [0.15, 0.2) is 11.8 Å². The highest BCUT2D eigenvalue weighted by Gasteiger charge is 2.32. The normalized spacial score (nSPS) is 16.6. The summed E-state index contributed by atoms with van der Waals surface area (Å²) in [6, 6.07) is 15.3. The summed E-state index contributed by atoms with van der Waals surface area (Å²) >= 11 is 1.35. The van der Waals surface area contributed by atoms with Crippen LogP contribution in [0.4, 0.5) is 5.69 Å². The number of hydrogen-bond acceptors (Lipinski definition) is 5. The molecule has 0 unspecified atom stereocenters. The van der Waals surface area contributed by atoms with Crippen LogP contribution < -0.4 is 4.74 Å². The minimum Gasteiger partial charge on any atom is -0.478 e. The number of rotatable bonds is 5. The number of nitrogens with zero attached hydrogens (tertiary/aromatic N) is 3. The van der Waals surface area contributed by atoms with Gasteiger partial charge in [0.1, 0.15) is 11.8 Å². The van der Waals surface area contributed by atoms with Crippen LogP contribution in [0, 0.1) is 25.2 Å². The Morgan fingerprint density at radius 3 is 2.71 bits per heavy atom. The molecular formula is C22H21N3O2S. The second-order valence-electron chi connectivity index (χ2n) is 6.31. The molecule has 0 radical (unpaired) electrons. The molecule has 142 valence electrons. The molecule has 0 aliphatic carbocycles. The van der Waals surface area contributed by atoms with Crippen molar-refractivity contribution in [2.75, 3.05) is 13.2 Å². The third kappa shape index (κ3) is 4.26. The average molecular weight is 391 g/mol. The lowest BCUT2D eigenvalue weighted by molar-refractivity contribution is -0.122. The maximum Gasteiger partial charge on any atom is 0.266 e. The molecule has 0 saturated carbocycles. The number of hydrogen-bond donors (Lipinski definition) is 0. The van der Waals surface area contributed by atoms with Gasteiger partial charge in [-0.15, -0.1) is 0 Å². The van der Waals surface area contributed by atoms with E-state index < -0.39 is 0 Å². The van der Waals surface area contributed by atoms with Gasteiger partial charge >= 0.3 is 0 Å². The quantitative estimate of drug-likeness (QED) is 0.685. The third-order valence-corrected chi connectivity index (χ3v) is 5.42. The first-order chi connectivity index (χ1) is 13.5. The van der Waals surface area contributed by atoms with Gasteiger partial charge in [-0.1, -0.05) is 24.3 Å². The fourth-order valence-corrected chi connectivity index (χ4v) is 3.81. The molecule has 0 bridgehead atoms. The van der Waals surface area contributed by atoms with E-state index in [-0.39, 0.29) is 12.5 Å². The number of benzene rings is 2. The maximum atomic E-state index is 12.9. The van der Waals surface area contributed by atoms with Crippen LogP contribution in [0.2, 0.25) is 0 Å². The van der Waals surface area contributed by atoms with Crippen LogP contribution >= 0.6 is 11.8 Å². The van der Waals surface area contributed by atoms with Gasteiger partial charge in [0.25, 0.3) is 5.91 Å². The summed E-state index contributed by atoms with van der Waals surface area (Å²) in [5.41, 5.74) is 3.97. The first kappa shape index (κ1) is 19.7. The van der Waals surface area contributed by atoms with Crippen molar-refractivity contribution >= 4 is 34.6 Å². The highest BCUT2D eigenvalue weighted by atomic mass is 32.2. The van der Waals surface area contributed by atoms with E-state index in [0.29, 0.717) is 22.4 Å². The molecule has 1 aliphatic rings. The van der Waals surface area contributed by atoms with Crippen molar-refractivity contribution in [1.29, 1.82) is 5.26 Å². The van der Waals surface area contributed by atoms with Crippen LogP contribution in [-0.4, -0.2) is 29.1 Å². The van der Waals surface area contributed by atoms with Gasteiger partial charge in [-0.2, -0.15) is 5.26 Å². The molecule has 0 spiro atoms. The van der Waals surface area contributed by atoms with Crippen LogP contribution in [0.1, 0.15) is 23.6 Å². The molecule has 28 heavy (non-hydrogen) atoms. The van der Waals surface area contributed by atoms with E-state index in [0.717, 1.165) is 11.3 Å². The largest absolute Gasteiger partial charge is 0.478 e. The number of aliphatic imine (C=N–C) groups is 1. The molecule has 6 heteroatoms. The summed E-state index contributed by atoms with van der Waals surface area (Å²) in [5.74, 6) is 0.498. The number of ether oxygens (including phenoxy) is 1. The predicted molar refractivity (Wildman–Crippen MR) is 114 cm³/mol. The van der Waals surface area contributed by atoms with Crippen LogP contribution in [-0.2, 0) is 4.79 Å². The highest BCUT2D eigenvalue weighted by molar-refractivity contribution is 8.18. The molecule has 0 N–H and O–H groups in total. The number of amides is 1. The van der Waals surface area contributed by atoms with E-state index in [1.807, 2.05) is 56.3 Å². The van der Waals surface area contributed by atoms with Crippen molar-refractivity contribution in [1.82, 2.24) is 4.90 Å². The minimum absolute atomic E-state index is 0.0398. The van der Waals surface area contributed by atoms with Gasteiger partial charge < -0.3 is 4.74 Å². The van der Waals surface area contributed by atoms with Gasteiger partial charge in [0.05, 0.1) is 10.6 Å². The Morgan fingerprint density at radius 1 is 1.21 bits per heavy atom. The van der Waals surface area contributed by atoms with Crippen molar-refractivity contribution in [2.24, 2.45) is 4.99 Å². The molecule has 1 saturated heterocycles. The van der Waals surface area contributed by atoms with E-state index >= 15 is 0 Å². The van der Waals surface area contributed by atoms with E-state index in [4.69, 9.17) is 15.0 Å². The fourth-order valence-electron chi connectivity index (χ4n) is 2.76. The molecule has 0 atom stereocenters. The lowest BCUT2D eigenvalue weighted by Gasteiger charge is -2.12. The monoisotopic (exact) mass is 391 g/mol. The Bertz CT molecular complexity index is 1010.